The highest BCUT2D eigenvalue weighted by Crippen LogP contribution is 2.23. The van der Waals surface area contributed by atoms with Gasteiger partial charge in [-0.2, -0.15) is 0 Å². The van der Waals surface area contributed by atoms with Crippen LogP contribution in [-0.4, -0.2) is 13.2 Å². The van der Waals surface area contributed by atoms with Gasteiger partial charge in [-0.15, -0.1) is 0 Å². The van der Waals surface area contributed by atoms with E-state index in [1.54, 1.807) is 0 Å². The van der Waals surface area contributed by atoms with E-state index in [1.807, 2.05) is 13.0 Å². The first kappa shape index (κ1) is 15.4. The summed E-state index contributed by atoms with van der Waals surface area (Å²) in [4.78, 5) is 0. The molecule has 1 N–H and O–H groups in total. The second kappa shape index (κ2) is 7.67. The average molecular weight is 288 g/mol. The van der Waals surface area contributed by atoms with Crippen molar-refractivity contribution in [2.45, 2.75) is 26.8 Å². The van der Waals surface area contributed by atoms with Crippen LogP contribution >= 0.6 is 23.2 Å². The lowest BCUT2D eigenvalue weighted by Gasteiger charge is -2.15. The van der Waals surface area contributed by atoms with Crippen LogP contribution < -0.4 is 10.1 Å². The standard InChI is InChI=1S/C14H19Cl2NO/c1-4-17-11(3)12-5-6-14(10(2)7-12)18-9-13(16)8-15/h5-8,11,17H,4,9H2,1-3H3/b13-8-. The number of halogens is 2. The first-order valence-electron chi connectivity index (χ1n) is 6.00. The van der Waals surface area contributed by atoms with E-state index in [-0.39, 0.29) is 0 Å². The maximum absolute atomic E-state index is 5.78. The summed E-state index contributed by atoms with van der Waals surface area (Å²) in [6, 6.07) is 6.50. The third-order valence-corrected chi connectivity index (χ3v) is 3.29. The molecule has 0 spiro atoms. The third-order valence-electron chi connectivity index (χ3n) is 2.69. The van der Waals surface area contributed by atoms with Gasteiger partial charge in [0, 0.05) is 11.6 Å². The van der Waals surface area contributed by atoms with Crippen molar-refractivity contribution in [1.82, 2.24) is 5.32 Å². The predicted octanol–water partition coefficient (Wildman–Crippen LogP) is 4.36. The van der Waals surface area contributed by atoms with Crippen molar-refractivity contribution in [1.29, 1.82) is 0 Å². The van der Waals surface area contributed by atoms with Crippen LogP contribution in [0.25, 0.3) is 0 Å². The molecule has 1 aromatic carbocycles. The van der Waals surface area contributed by atoms with E-state index in [0.29, 0.717) is 17.7 Å². The average Bonchev–Trinajstić information content (AvgIpc) is 2.37. The number of rotatable bonds is 6. The fraction of sp³-hybridized carbons (Fsp3) is 0.429. The number of benzene rings is 1. The van der Waals surface area contributed by atoms with E-state index < -0.39 is 0 Å². The molecule has 0 heterocycles. The fourth-order valence-corrected chi connectivity index (χ4v) is 1.82. The molecule has 2 nitrogen and oxygen atoms in total. The van der Waals surface area contributed by atoms with Gasteiger partial charge in [0.15, 0.2) is 0 Å². The summed E-state index contributed by atoms with van der Waals surface area (Å²) >= 11 is 11.3. The maximum atomic E-state index is 5.78. The Kier molecular flexibility index (Phi) is 6.55. The van der Waals surface area contributed by atoms with Crippen molar-refractivity contribution in [2.24, 2.45) is 0 Å². The fourth-order valence-electron chi connectivity index (χ4n) is 1.71. The van der Waals surface area contributed by atoms with Crippen LogP contribution in [0.3, 0.4) is 0 Å². The Morgan fingerprint density at radius 3 is 2.78 bits per heavy atom. The van der Waals surface area contributed by atoms with Crippen LogP contribution in [0, 0.1) is 6.92 Å². The zero-order valence-corrected chi connectivity index (χ0v) is 12.5. The van der Waals surface area contributed by atoms with Gasteiger partial charge in [0.2, 0.25) is 0 Å². The van der Waals surface area contributed by atoms with E-state index in [9.17, 15) is 0 Å². The Balaban J connectivity index is 2.73. The molecule has 0 amide bonds. The molecule has 18 heavy (non-hydrogen) atoms. The molecule has 100 valence electrons. The van der Waals surface area contributed by atoms with Gasteiger partial charge >= 0.3 is 0 Å². The molecule has 0 aliphatic carbocycles. The van der Waals surface area contributed by atoms with Gasteiger partial charge < -0.3 is 10.1 Å². The lowest BCUT2D eigenvalue weighted by molar-refractivity contribution is 0.356. The molecular formula is C14H19Cl2NO. The van der Waals surface area contributed by atoms with E-state index in [4.69, 9.17) is 27.9 Å². The van der Waals surface area contributed by atoms with Crippen LogP contribution in [0.15, 0.2) is 28.8 Å². The van der Waals surface area contributed by atoms with E-state index in [2.05, 4.69) is 31.3 Å². The third kappa shape index (κ3) is 4.52. The molecule has 0 aliphatic heterocycles. The Bertz CT molecular complexity index is 418. The summed E-state index contributed by atoms with van der Waals surface area (Å²) in [6.07, 6.45) is 0. The van der Waals surface area contributed by atoms with Crippen molar-refractivity contribution >= 4 is 23.2 Å². The Morgan fingerprint density at radius 1 is 1.50 bits per heavy atom. The molecule has 0 bridgehead atoms. The number of nitrogens with one attached hydrogen (secondary N) is 1. The summed E-state index contributed by atoms with van der Waals surface area (Å²) in [6.45, 7) is 7.52. The van der Waals surface area contributed by atoms with Crippen LogP contribution in [0.4, 0.5) is 0 Å². The first-order valence-corrected chi connectivity index (χ1v) is 6.81. The molecule has 1 unspecified atom stereocenters. The normalized spacial score (nSPS) is 13.5. The topological polar surface area (TPSA) is 21.3 Å². The molecule has 1 rings (SSSR count). The predicted molar refractivity (Wildman–Crippen MR) is 78.6 cm³/mol. The van der Waals surface area contributed by atoms with Gasteiger partial charge in [-0.1, -0.05) is 42.3 Å². The molecule has 0 radical (unpaired) electrons. The maximum Gasteiger partial charge on any atom is 0.125 e. The molecule has 1 aromatic rings. The minimum Gasteiger partial charge on any atom is -0.488 e. The van der Waals surface area contributed by atoms with Crippen molar-refractivity contribution in [3.8, 4) is 5.75 Å². The van der Waals surface area contributed by atoms with Crippen LogP contribution in [0.1, 0.15) is 31.0 Å². The molecule has 0 aliphatic rings. The largest absolute Gasteiger partial charge is 0.488 e. The minimum absolute atomic E-state index is 0.300. The van der Waals surface area contributed by atoms with Crippen molar-refractivity contribution < 1.29 is 4.74 Å². The monoisotopic (exact) mass is 287 g/mol. The number of aryl methyl sites for hydroxylation is 1. The van der Waals surface area contributed by atoms with Gasteiger partial charge in [-0.3, -0.25) is 0 Å². The minimum atomic E-state index is 0.300. The van der Waals surface area contributed by atoms with E-state index in [1.165, 1.54) is 11.1 Å². The molecule has 0 aromatic heterocycles. The van der Waals surface area contributed by atoms with Gasteiger partial charge in [0.1, 0.15) is 12.4 Å². The zero-order valence-electron chi connectivity index (χ0n) is 11.0. The molecular weight excluding hydrogens is 269 g/mol. The van der Waals surface area contributed by atoms with Gasteiger partial charge in [0.05, 0.1) is 5.03 Å². The lowest BCUT2D eigenvalue weighted by Crippen LogP contribution is -2.17. The molecule has 4 heteroatoms. The second-order valence-corrected chi connectivity index (χ2v) is 4.85. The summed E-state index contributed by atoms with van der Waals surface area (Å²) in [5.41, 5.74) is 3.66. The Hall–Kier alpha value is -0.700. The van der Waals surface area contributed by atoms with Crippen LogP contribution in [0.5, 0.6) is 5.75 Å². The van der Waals surface area contributed by atoms with E-state index >= 15 is 0 Å². The Labute approximate surface area is 119 Å². The van der Waals surface area contributed by atoms with Crippen molar-refractivity contribution in [3.63, 3.8) is 0 Å². The van der Waals surface area contributed by atoms with Gasteiger partial charge in [-0.25, -0.2) is 0 Å². The number of hydrogen-bond donors (Lipinski definition) is 1. The first-order chi connectivity index (χ1) is 8.58. The van der Waals surface area contributed by atoms with Crippen LogP contribution in [-0.2, 0) is 0 Å². The summed E-state index contributed by atoms with van der Waals surface area (Å²) in [5, 5.41) is 3.87. The molecule has 0 saturated carbocycles. The molecule has 1 atom stereocenters. The molecule has 0 fully saturated rings. The smallest absolute Gasteiger partial charge is 0.125 e. The lowest BCUT2D eigenvalue weighted by atomic mass is 10.1. The highest BCUT2D eigenvalue weighted by atomic mass is 35.5. The van der Waals surface area contributed by atoms with E-state index in [0.717, 1.165) is 17.9 Å². The highest BCUT2D eigenvalue weighted by Gasteiger charge is 2.07. The SMILES string of the molecule is CCNC(C)c1ccc(OC/C(Cl)=C/Cl)c(C)c1. The van der Waals surface area contributed by atoms with Crippen LogP contribution in [0.2, 0.25) is 0 Å². The van der Waals surface area contributed by atoms with Crippen molar-refractivity contribution in [3.05, 3.63) is 39.9 Å². The summed E-state index contributed by atoms with van der Waals surface area (Å²) in [7, 11) is 0. The van der Waals surface area contributed by atoms with Gasteiger partial charge in [0.25, 0.3) is 0 Å². The van der Waals surface area contributed by atoms with Crippen molar-refractivity contribution in [2.75, 3.05) is 13.2 Å². The summed E-state index contributed by atoms with van der Waals surface area (Å²) < 4.78 is 5.58. The zero-order chi connectivity index (χ0) is 13.5. The van der Waals surface area contributed by atoms with Gasteiger partial charge in [-0.05, 0) is 37.6 Å². The second-order valence-electron chi connectivity index (χ2n) is 4.15. The molecule has 0 saturated heterocycles. The Morgan fingerprint density at radius 2 is 2.22 bits per heavy atom. The summed E-state index contributed by atoms with van der Waals surface area (Å²) in [5.74, 6) is 0.833. The number of hydrogen-bond acceptors (Lipinski definition) is 2. The highest BCUT2D eigenvalue weighted by molar-refractivity contribution is 6.36. The number of ether oxygens (including phenoxy) is 1. The quantitative estimate of drug-likeness (QED) is 0.839.